The molecule has 2 unspecified atom stereocenters. The number of nitrogens with two attached hydrogens (primary N) is 1. The van der Waals surface area contributed by atoms with E-state index < -0.39 is 0 Å². The summed E-state index contributed by atoms with van der Waals surface area (Å²) in [6, 6.07) is 6.27. The van der Waals surface area contributed by atoms with Crippen molar-refractivity contribution in [2.45, 2.75) is 33.2 Å². The van der Waals surface area contributed by atoms with Gasteiger partial charge in [0.05, 0.1) is 29.6 Å². The van der Waals surface area contributed by atoms with Crippen LogP contribution >= 0.6 is 0 Å². The van der Waals surface area contributed by atoms with Crippen molar-refractivity contribution < 1.29 is 0 Å². The molecule has 4 nitrogen and oxygen atoms in total. The summed E-state index contributed by atoms with van der Waals surface area (Å²) in [6.45, 7) is 7.65. The standard InChI is InChI=1S/C14H22N4/c1-4-13(16)14-7-6-12(9-17-14)18(5-2)10-11(3)8-15/h6-7,9,11,13H,4-5,10,16H2,1-3H3. The highest BCUT2D eigenvalue weighted by molar-refractivity contribution is 5.44. The van der Waals surface area contributed by atoms with Crippen molar-refractivity contribution in [2.24, 2.45) is 11.7 Å². The van der Waals surface area contributed by atoms with E-state index in [1.165, 1.54) is 0 Å². The third kappa shape index (κ3) is 3.71. The summed E-state index contributed by atoms with van der Waals surface area (Å²) in [5.41, 5.74) is 7.91. The Labute approximate surface area is 109 Å². The number of pyridine rings is 1. The van der Waals surface area contributed by atoms with E-state index in [1.54, 1.807) is 0 Å². The Hall–Kier alpha value is -1.60. The van der Waals surface area contributed by atoms with E-state index in [-0.39, 0.29) is 12.0 Å². The number of hydrogen-bond donors (Lipinski definition) is 1. The molecule has 1 heterocycles. The Kier molecular flexibility index (Phi) is 5.60. The van der Waals surface area contributed by atoms with Crippen LogP contribution < -0.4 is 10.6 Å². The van der Waals surface area contributed by atoms with Crippen LogP contribution in [0.2, 0.25) is 0 Å². The van der Waals surface area contributed by atoms with Gasteiger partial charge in [-0.1, -0.05) is 6.92 Å². The van der Waals surface area contributed by atoms with Crippen molar-refractivity contribution in [2.75, 3.05) is 18.0 Å². The van der Waals surface area contributed by atoms with Gasteiger partial charge < -0.3 is 10.6 Å². The number of aromatic nitrogens is 1. The van der Waals surface area contributed by atoms with Crippen LogP contribution in [-0.2, 0) is 0 Å². The smallest absolute Gasteiger partial charge is 0.0671 e. The van der Waals surface area contributed by atoms with E-state index >= 15 is 0 Å². The number of nitrogens with zero attached hydrogens (tertiary/aromatic N) is 3. The maximum Gasteiger partial charge on any atom is 0.0671 e. The van der Waals surface area contributed by atoms with Gasteiger partial charge in [0.25, 0.3) is 0 Å². The lowest BCUT2D eigenvalue weighted by molar-refractivity contribution is 0.668. The predicted octanol–water partition coefficient (Wildman–Crippen LogP) is 2.48. The summed E-state index contributed by atoms with van der Waals surface area (Å²) >= 11 is 0. The molecule has 98 valence electrons. The van der Waals surface area contributed by atoms with Gasteiger partial charge in [0, 0.05) is 19.1 Å². The third-order valence-electron chi connectivity index (χ3n) is 3.05. The summed E-state index contributed by atoms with van der Waals surface area (Å²) in [5.74, 6) is 0.0162. The molecule has 0 fully saturated rings. The van der Waals surface area contributed by atoms with Gasteiger partial charge in [-0.25, -0.2) is 0 Å². The fraction of sp³-hybridized carbons (Fsp3) is 0.571. The lowest BCUT2D eigenvalue weighted by Gasteiger charge is -2.24. The van der Waals surface area contributed by atoms with E-state index in [1.807, 2.05) is 32.2 Å². The van der Waals surface area contributed by atoms with Crippen LogP contribution in [0.15, 0.2) is 18.3 Å². The Morgan fingerprint density at radius 1 is 1.44 bits per heavy atom. The Balaban J connectivity index is 2.79. The molecule has 0 aliphatic heterocycles. The molecule has 2 N–H and O–H groups in total. The van der Waals surface area contributed by atoms with Crippen molar-refractivity contribution in [3.05, 3.63) is 24.0 Å². The van der Waals surface area contributed by atoms with E-state index in [2.05, 4.69) is 22.9 Å². The Morgan fingerprint density at radius 2 is 2.17 bits per heavy atom. The second-order valence-corrected chi connectivity index (χ2v) is 4.52. The molecular weight excluding hydrogens is 224 g/mol. The SMILES string of the molecule is CCC(N)c1ccc(N(CC)CC(C)C#N)cn1. The van der Waals surface area contributed by atoms with Gasteiger partial charge in [-0.15, -0.1) is 0 Å². The fourth-order valence-corrected chi connectivity index (χ4v) is 1.80. The van der Waals surface area contributed by atoms with Gasteiger partial charge in [-0.05, 0) is 32.4 Å². The van der Waals surface area contributed by atoms with Crippen LogP contribution in [0.3, 0.4) is 0 Å². The van der Waals surface area contributed by atoms with Crippen molar-refractivity contribution in [3.63, 3.8) is 0 Å². The number of anilines is 1. The maximum absolute atomic E-state index is 8.87. The summed E-state index contributed by atoms with van der Waals surface area (Å²) < 4.78 is 0. The summed E-state index contributed by atoms with van der Waals surface area (Å²) in [5, 5.41) is 8.87. The molecule has 0 aliphatic rings. The molecule has 1 aromatic rings. The predicted molar refractivity (Wildman–Crippen MR) is 74.1 cm³/mol. The molecular formula is C14H22N4. The first-order valence-electron chi connectivity index (χ1n) is 6.48. The largest absolute Gasteiger partial charge is 0.369 e. The summed E-state index contributed by atoms with van der Waals surface area (Å²) in [6.07, 6.45) is 2.73. The van der Waals surface area contributed by atoms with E-state index in [9.17, 15) is 0 Å². The van der Waals surface area contributed by atoms with Gasteiger partial charge in [-0.3, -0.25) is 4.98 Å². The topological polar surface area (TPSA) is 65.9 Å². The molecule has 0 saturated carbocycles. The molecule has 1 rings (SSSR count). The van der Waals surface area contributed by atoms with Gasteiger partial charge >= 0.3 is 0 Å². The number of nitriles is 1. The minimum absolute atomic E-state index is 0.00663. The van der Waals surface area contributed by atoms with Crippen LogP contribution in [-0.4, -0.2) is 18.1 Å². The van der Waals surface area contributed by atoms with E-state index in [0.29, 0.717) is 0 Å². The first-order chi connectivity index (χ1) is 8.62. The minimum Gasteiger partial charge on any atom is -0.369 e. The monoisotopic (exact) mass is 246 g/mol. The molecule has 0 spiro atoms. The van der Waals surface area contributed by atoms with Crippen molar-refractivity contribution in [3.8, 4) is 6.07 Å². The molecule has 4 heteroatoms. The minimum atomic E-state index is 0.00663. The van der Waals surface area contributed by atoms with Gasteiger partial charge in [0.1, 0.15) is 0 Å². The molecule has 0 radical (unpaired) electrons. The number of hydrogen-bond acceptors (Lipinski definition) is 4. The highest BCUT2D eigenvalue weighted by Gasteiger charge is 2.10. The van der Waals surface area contributed by atoms with Gasteiger partial charge in [0.2, 0.25) is 0 Å². The molecule has 0 bridgehead atoms. The lowest BCUT2D eigenvalue weighted by Crippen LogP contribution is -2.28. The van der Waals surface area contributed by atoms with Crippen molar-refractivity contribution in [1.29, 1.82) is 5.26 Å². The first kappa shape index (κ1) is 14.5. The average Bonchev–Trinajstić information content (AvgIpc) is 2.43. The Bertz CT molecular complexity index is 393. The second-order valence-electron chi connectivity index (χ2n) is 4.52. The average molecular weight is 246 g/mol. The highest BCUT2D eigenvalue weighted by atomic mass is 15.1. The molecule has 0 aromatic carbocycles. The van der Waals surface area contributed by atoms with Crippen LogP contribution in [0.1, 0.15) is 38.9 Å². The van der Waals surface area contributed by atoms with Crippen LogP contribution in [0.5, 0.6) is 0 Å². The van der Waals surface area contributed by atoms with E-state index in [0.717, 1.165) is 30.9 Å². The molecule has 18 heavy (non-hydrogen) atoms. The van der Waals surface area contributed by atoms with Crippen LogP contribution in [0.4, 0.5) is 5.69 Å². The molecule has 0 saturated heterocycles. The quantitative estimate of drug-likeness (QED) is 0.837. The zero-order valence-corrected chi connectivity index (χ0v) is 11.4. The van der Waals surface area contributed by atoms with Crippen LogP contribution in [0.25, 0.3) is 0 Å². The van der Waals surface area contributed by atoms with E-state index in [4.69, 9.17) is 11.0 Å². The Morgan fingerprint density at radius 3 is 2.61 bits per heavy atom. The molecule has 0 aliphatic carbocycles. The van der Waals surface area contributed by atoms with Crippen molar-refractivity contribution in [1.82, 2.24) is 4.98 Å². The van der Waals surface area contributed by atoms with Crippen molar-refractivity contribution >= 4 is 5.69 Å². The first-order valence-corrected chi connectivity index (χ1v) is 6.48. The molecule has 1 aromatic heterocycles. The second kappa shape index (κ2) is 6.97. The zero-order chi connectivity index (χ0) is 13.5. The summed E-state index contributed by atoms with van der Waals surface area (Å²) in [4.78, 5) is 6.56. The summed E-state index contributed by atoms with van der Waals surface area (Å²) in [7, 11) is 0. The molecule has 0 amide bonds. The maximum atomic E-state index is 8.87. The fourth-order valence-electron chi connectivity index (χ4n) is 1.80. The van der Waals surface area contributed by atoms with Gasteiger partial charge in [0.15, 0.2) is 0 Å². The zero-order valence-electron chi connectivity index (χ0n) is 11.4. The third-order valence-corrected chi connectivity index (χ3v) is 3.05. The highest BCUT2D eigenvalue weighted by Crippen LogP contribution is 2.17. The lowest BCUT2D eigenvalue weighted by atomic mass is 10.1. The number of rotatable bonds is 6. The normalized spacial score (nSPS) is 13.7. The molecule has 2 atom stereocenters. The van der Waals surface area contributed by atoms with Crippen LogP contribution in [0, 0.1) is 17.2 Å². The van der Waals surface area contributed by atoms with Gasteiger partial charge in [-0.2, -0.15) is 5.26 Å².